The molecule has 124 valence electrons. The molecule has 0 spiro atoms. The van der Waals surface area contributed by atoms with Gasteiger partial charge in [0, 0.05) is 13.2 Å². The highest BCUT2D eigenvalue weighted by atomic mass is 16.3. The SMILES string of the molecule is NC(=O)c1cccc(C=Cc2ccccc2)c1C(=O)NCCCO. The number of carbonyl (C=O) groups is 2. The number of nitrogens with one attached hydrogen (secondary N) is 1. The van der Waals surface area contributed by atoms with E-state index >= 15 is 0 Å². The summed E-state index contributed by atoms with van der Waals surface area (Å²) in [7, 11) is 0. The standard InChI is InChI=1S/C19H20N2O3/c20-18(23)16-9-4-8-15(11-10-14-6-2-1-3-7-14)17(16)19(24)21-12-5-13-22/h1-4,6-11,22H,5,12-13H2,(H2,20,23)(H,21,24). The van der Waals surface area contributed by atoms with E-state index in [1.165, 1.54) is 6.07 Å². The number of primary amides is 1. The zero-order valence-electron chi connectivity index (χ0n) is 13.2. The Kier molecular flexibility index (Phi) is 6.28. The number of hydrogen-bond acceptors (Lipinski definition) is 3. The first-order chi connectivity index (χ1) is 11.6. The Balaban J connectivity index is 2.36. The van der Waals surface area contributed by atoms with Crippen molar-refractivity contribution in [3.8, 4) is 0 Å². The molecule has 0 radical (unpaired) electrons. The Labute approximate surface area is 140 Å². The molecule has 0 aliphatic rings. The molecule has 0 heterocycles. The van der Waals surface area contributed by atoms with Crippen LogP contribution in [-0.2, 0) is 0 Å². The van der Waals surface area contributed by atoms with Crippen LogP contribution in [0.3, 0.4) is 0 Å². The van der Waals surface area contributed by atoms with Crippen molar-refractivity contribution < 1.29 is 14.7 Å². The second-order valence-electron chi connectivity index (χ2n) is 5.21. The Morgan fingerprint density at radius 1 is 1.04 bits per heavy atom. The number of carbonyl (C=O) groups excluding carboxylic acids is 2. The molecule has 2 aromatic carbocycles. The fraction of sp³-hybridized carbons (Fsp3) is 0.158. The third-order valence-electron chi connectivity index (χ3n) is 3.46. The summed E-state index contributed by atoms with van der Waals surface area (Å²) in [6.07, 6.45) is 4.09. The van der Waals surface area contributed by atoms with Gasteiger partial charge in [0.25, 0.3) is 5.91 Å². The molecule has 0 fully saturated rings. The monoisotopic (exact) mass is 324 g/mol. The maximum absolute atomic E-state index is 12.4. The van der Waals surface area contributed by atoms with Gasteiger partial charge >= 0.3 is 0 Å². The summed E-state index contributed by atoms with van der Waals surface area (Å²) in [6.45, 7) is 0.308. The molecule has 0 aliphatic carbocycles. The van der Waals surface area contributed by atoms with E-state index in [0.717, 1.165) is 5.56 Å². The Hall–Kier alpha value is -2.92. The molecule has 24 heavy (non-hydrogen) atoms. The van der Waals surface area contributed by atoms with Crippen LogP contribution in [0.2, 0.25) is 0 Å². The summed E-state index contributed by atoms with van der Waals surface area (Å²) in [6, 6.07) is 14.6. The van der Waals surface area contributed by atoms with Gasteiger partial charge in [-0.25, -0.2) is 0 Å². The third kappa shape index (κ3) is 4.54. The molecule has 0 aliphatic heterocycles. The van der Waals surface area contributed by atoms with Crippen LogP contribution in [0.5, 0.6) is 0 Å². The summed E-state index contributed by atoms with van der Waals surface area (Å²) in [4.78, 5) is 24.1. The molecular formula is C19H20N2O3. The molecule has 0 saturated heterocycles. The van der Waals surface area contributed by atoms with Crippen molar-refractivity contribution in [2.24, 2.45) is 5.73 Å². The van der Waals surface area contributed by atoms with Crippen LogP contribution in [0.15, 0.2) is 48.5 Å². The average molecular weight is 324 g/mol. The van der Waals surface area contributed by atoms with Crippen LogP contribution < -0.4 is 11.1 Å². The first kappa shape index (κ1) is 17.4. The van der Waals surface area contributed by atoms with Crippen LogP contribution in [0, 0.1) is 0 Å². The van der Waals surface area contributed by atoms with Crippen molar-refractivity contribution in [2.75, 3.05) is 13.2 Å². The van der Waals surface area contributed by atoms with Gasteiger partial charge in [-0.1, -0.05) is 54.6 Å². The van der Waals surface area contributed by atoms with E-state index in [1.807, 2.05) is 36.4 Å². The maximum Gasteiger partial charge on any atom is 0.252 e. The lowest BCUT2D eigenvalue weighted by molar-refractivity contribution is 0.0933. The van der Waals surface area contributed by atoms with Gasteiger partial charge in [0.15, 0.2) is 0 Å². The third-order valence-corrected chi connectivity index (χ3v) is 3.46. The van der Waals surface area contributed by atoms with E-state index in [1.54, 1.807) is 18.2 Å². The van der Waals surface area contributed by atoms with Crippen LogP contribution in [0.1, 0.15) is 38.3 Å². The number of hydrogen-bond donors (Lipinski definition) is 3. The van der Waals surface area contributed by atoms with Crippen molar-refractivity contribution >= 4 is 24.0 Å². The molecular weight excluding hydrogens is 304 g/mol. The fourth-order valence-electron chi connectivity index (χ4n) is 2.29. The lowest BCUT2D eigenvalue weighted by Gasteiger charge is -2.11. The zero-order valence-corrected chi connectivity index (χ0v) is 13.2. The fourth-order valence-corrected chi connectivity index (χ4v) is 2.29. The highest BCUT2D eigenvalue weighted by molar-refractivity contribution is 6.09. The van der Waals surface area contributed by atoms with Gasteiger partial charge in [0.2, 0.25) is 5.91 Å². The molecule has 0 bridgehead atoms. The van der Waals surface area contributed by atoms with Gasteiger partial charge in [-0.05, 0) is 23.6 Å². The molecule has 2 amide bonds. The van der Waals surface area contributed by atoms with Crippen molar-refractivity contribution in [3.05, 3.63) is 70.8 Å². The van der Waals surface area contributed by atoms with Crippen molar-refractivity contribution in [3.63, 3.8) is 0 Å². The maximum atomic E-state index is 12.4. The van der Waals surface area contributed by atoms with Crippen LogP contribution in [0.4, 0.5) is 0 Å². The van der Waals surface area contributed by atoms with Gasteiger partial charge in [-0.3, -0.25) is 9.59 Å². The smallest absolute Gasteiger partial charge is 0.252 e. The van der Waals surface area contributed by atoms with E-state index in [4.69, 9.17) is 10.8 Å². The topological polar surface area (TPSA) is 92.4 Å². The zero-order chi connectivity index (χ0) is 17.4. The predicted octanol–water partition coefficient (Wildman–Crippen LogP) is 2.07. The van der Waals surface area contributed by atoms with Gasteiger partial charge in [0.05, 0.1) is 11.1 Å². The molecule has 4 N–H and O–H groups in total. The summed E-state index contributed by atoms with van der Waals surface area (Å²) in [5.41, 5.74) is 7.41. The summed E-state index contributed by atoms with van der Waals surface area (Å²) < 4.78 is 0. The molecule has 0 unspecified atom stereocenters. The van der Waals surface area contributed by atoms with E-state index in [0.29, 0.717) is 18.5 Å². The van der Waals surface area contributed by atoms with E-state index in [-0.39, 0.29) is 23.6 Å². The minimum absolute atomic E-state index is 0.0154. The van der Waals surface area contributed by atoms with Gasteiger partial charge in [0.1, 0.15) is 0 Å². The summed E-state index contributed by atoms with van der Waals surface area (Å²) in [5.74, 6) is -1.04. The second kappa shape index (κ2) is 8.64. The lowest BCUT2D eigenvalue weighted by atomic mass is 9.98. The molecule has 5 heteroatoms. The minimum Gasteiger partial charge on any atom is -0.396 e. The Morgan fingerprint density at radius 3 is 2.46 bits per heavy atom. The average Bonchev–Trinajstić information content (AvgIpc) is 2.60. The molecule has 5 nitrogen and oxygen atoms in total. The minimum atomic E-state index is -0.655. The lowest BCUT2D eigenvalue weighted by Crippen LogP contribution is -2.28. The molecule has 0 saturated carbocycles. The molecule has 0 aromatic heterocycles. The largest absolute Gasteiger partial charge is 0.396 e. The number of rotatable bonds is 7. The number of nitrogens with two attached hydrogens (primary N) is 1. The molecule has 2 aromatic rings. The molecule has 0 atom stereocenters. The van der Waals surface area contributed by atoms with Gasteiger partial charge in [-0.15, -0.1) is 0 Å². The molecule has 2 rings (SSSR count). The summed E-state index contributed by atoms with van der Waals surface area (Å²) >= 11 is 0. The Morgan fingerprint density at radius 2 is 1.79 bits per heavy atom. The van der Waals surface area contributed by atoms with Crippen molar-refractivity contribution in [1.82, 2.24) is 5.32 Å². The van der Waals surface area contributed by atoms with E-state index < -0.39 is 5.91 Å². The number of benzene rings is 2. The highest BCUT2D eigenvalue weighted by Crippen LogP contribution is 2.18. The highest BCUT2D eigenvalue weighted by Gasteiger charge is 2.17. The number of aliphatic hydroxyl groups is 1. The van der Waals surface area contributed by atoms with E-state index in [2.05, 4.69) is 5.32 Å². The van der Waals surface area contributed by atoms with Crippen LogP contribution in [0.25, 0.3) is 12.2 Å². The van der Waals surface area contributed by atoms with Crippen LogP contribution >= 0.6 is 0 Å². The number of amides is 2. The van der Waals surface area contributed by atoms with Gasteiger partial charge < -0.3 is 16.2 Å². The van der Waals surface area contributed by atoms with Crippen molar-refractivity contribution in [1.29, 1.82) is 0 Å². The summed E-state index contributed by atoms with van der Waals surface area (Å²) in [5, 5.41) is 11.5. The van der Waals surface area contributed by atoms with E-state index in [9.17, 15) is 9.59 Å². The first-order valence-corrected chi connectivity index (χ1v) is 7.68. The first-order valence-electron chi connectivity index (χ1n) is 7.68. The second-order valence-corrected chi connectivity index (χ2v) is 5.21. The van der Waals surface area contributed by atoms with Gasteiger partial charge in [-0.2, -0.15) is 0 Å². The number of aliphatic hydroxyl groups excluding tert-OH is 1. The normalized spacial score (nSPS) is 10.7. The van der Waals surface area contributed by atoms with Crippen LogP contribution in [-0.4, -0.2) is 30.1 Å². The quantitative estimate of drug-likeness (QED) is 0.538. The van der Waals surface area contributed by atoms with Crippen molar-refractivity contribution in [2.45, 2.75) is 6.42 Å². The predicted molar refractivity (Wildman–Crippen MR) is 94.4 cm³/mol. The Bertz CT molecular complexity index is 740.